The van der Waals surface area contributed by atoms with Gasteiger partial charge in [-0.2, -0.15) is 0 Å². The lowest BCUT2D eigenvalue weighted by molar-refractivity contribution is 0.393. The lowest BCUT2D eigenvalue weighted by Gasteiger charge is -2.23. The predicted molar refractivity (Wildman–Crippen MR) is 93.3 cm³/mol. The van der Waals surface area contributed by atoms with Gasteiger partial charge in [0.25, 0.3) is 0 Å². The van der Waals surface area contributed by atoms with Crippen LogP contribution in [0.25, 0.3) is 0 Å². The number of halogens is 2. The van der Waals surface area contributed by atoms with Crippen molar-refractivity contribution in [2.45, 2.75) is 70.9 Å². The molecule has 0 radical (unpaired) electrons. The first-order valence-electron chi connectivity index (χ1n) is 8.31. The molecule has 0 heterocycles. The van der Waals surface area contributed by atoms with Crippen LogP contribution in [0.2, 0.25) is 10.0 Å². The van der Waals surface area contributed by atoms with Gasteiger partial charge in [0.2, 0.25) is 0 Å². The van der Waals surface area contributed by atoms with E-state index < -0.39 is 0 Å². The normalized spacial score (nSPS) is 24.6. The average Bonchev–Trinajstić information content (AvgIpc) is 2.65. The van der Waals surface area contributed by atoms with Gasteiger partial charge in [-0.1, -0.05) is 61.9 Å². The second-order valence-corrected chi connectivity index (χ2v) is 7.26. The molecule has 1 N–H and O–H groups in total. The van der Waals surface area contributed by atoms with Gasteiger partial charge in [-0.15, -0.1) is 0 Å². The Labute approximate surface area is 139 Å². The van der Waals surface area contributed by atoms with Gasteiger partial charge >= 0.3 is 0 Å². The van der Waals surface area contributed by atoms with Crippen LogP contribution in [0.3, 0.4) is 0 Å². The third-order valence-corrected chi connectivity index (χ3v) is 5.26. The fraction of sp³-hybridized carbons (Fsp3) is 0.667. The van der Waals surface area contributed by atoms with Crippen LogP contribution in [-0.4, -0.2) is 6.04 Å². The van der Waals surface area contributed by atoms with E-state index in [2.05, 4.69) is 19.2 Å². The van der Waals surface area contributed by atoms with Crippen LogP contribution in [0.1, 0.15) is 70.4 Å². The lowest BCUT2D eigenvalue weighted by atomic mass is 9.95. The van der Waals surface area contributed by atoms with Crippen LogP contribution >= 0.6 is 23.2 Å². The number of benzene rings is 1. The second-order valence-electron chi connectivity index (χ2n) is 6.41. The summed E-state index contributed by atoms with van der Waals surface area (Å²) in [6.45, 7) is 4.49. The summed E-state index contributed by atoms with van der Waals surface area (Å²) < 4.78 is 0. The van der Waals surface area contributed by atoms with Gasteiger partial charge in [-0.3, -0.25) is 0 Å². The van der Waals surface area contributed by atoms with E-state index in [0.717, 1.165) is 16.5 Å². The Morgan fingerprint density at radius 1 is 1.19 bits per heavy atom. The minimum Gasteiger partial charge on any atom is -0.307 e. The summed E-state index contributed by atoms with van der Waals surface area (Å²) in [5, 5.41) is 5.24. The fourth-order valence-corrected chi connectivity index (χ4v) is 4.11. The molecule has 1 nitrogen and oxygen atoms in total. The molecule has 1 aromatic carbocycles. The van der Waals surface area contributed by atoms with Crippen LogP contribution in [0.5, 0.6) is 0 Å². The summed E-state index contributed by atoms with van der Waals surface area (Å²) in [4.78, 5) is 0. The molecule has 3 heteroatoms. The SMILES string of the molecule is CCCC1CCCC(NC(C)c2ccc(Cl)cc2Cl)CC1. The Hall–Kier alpha value is -0.240. The van der Waals surface area contributed by atoms with Crippen molar-refractivity contribution in [2.24, 2.45) is 5.92 Å². The molecule has 1 saturated carbocycles. The molecule has 1 aliphatic rings. The maximum absolute atomic E-state index is 6.31. The highest BCUT2D eigenvalue weighted by molar-refractivity contribution is 6.35. The van der Waals surface area contributed by atoms with Crippen molar-refractivity contribution in [2.75, 3.05) is 0 Å². The summed E-state index contributed by atoms with van der Waals surface area (Å²) in [7, 11) is 0. The quantitative estimate of drug-likeness (QED) is 0.617. The molecule has 118 valence electrons. The summed E-state index contributed by atoms with van der Waals surface area (Å²) in [6, 6.07) is 6.70. The number of hydrogen-bond donors (Lipinski definition) is 1. The number of hydrogen-bond acceptors (Lipinski definition) is 1. The molecule has 0 spiro atoms. The molecule has 1 aliphatic carbocycles. The first-order chi connectivity index (χ1) is 10.1. The van der Waals surface area contributed by atoms with Gasteiger partial charge in [-0.25, -0.2) is 0 Å². The molecule has 0 bridgehead atoms. The van der Waals surface area contributed by atoms with Gasteiger partial charge in [0, 0.05) is 22.1 Å². The monoisotopic (exact) mass is 327 g/mol. The van der Waals surface area contributed by atoms with E-state index in [9.17, 15) is 0 Å². The van der Waals surface area contributed by atoms with Gasteiger partial charge < -0.3 is 5.32 Å². The minimum atomic E-state index is 0.280. The largest absolute Gasteiger partial charge is 0.307 e. The Morgan fingerprint density at radius 3 is 2.71 bits per heavy atom. The molecule has 1 fully saturated rings. The average molecular weight is 328 g/mol. The maximum Gasteiger partial charge on any atom is 0.0468 e. The molecular weight excluding hydrogens is 301 g/mol. The smallest absolute Gasteiger partial charge is 0.0468 e. The number of nitrogens with one attached hydrogen (secondary N) is 1. The van der Waals surface area contributed by atoms with E-state index in [1.54, 1.807) is 0 Å². The zero-order chi connectivity index (χ0) is 15.2. The zero-order valence-electron chi connectivity index (χ0n) is 13.2. The van der Waals surface area contributed by atoms with Crippen LogP contribution in [0, 0.1) is 5.92 Å². The highest BCUT2D eigenvalue weighted by atomic mass is 35.5. The topological polar surface area (TPSA) is 12.0 Å². The van der Waals surface area contributed by atoms with Gasteiger partial charge in [0.1, 0.15) is 0 Å². The third-order valence-electron chi connectivity index (χ3n) is 4.70. The Bertz CT molecular complexity index is 447. The van der Waals surface area contributed by atoms with Crippen molar-refractivity contribution < 1.29 is 0 Å². The Morgan fingerprint density at radius 2 is 2.00 bits per heavy atom. The molecule has 0 amide bonds. The van der Waals surface area contributed by atoms with Crippen molar-refractivity contribution in [3.8, 4) is 0 Å². The molecule has 3 unspecified atom stereocenters. The summed E-state index contributed by atoms with van der Waals surface area (Å²) in [5.41, 5.74) is 1.15. The minimum absolute atomic E-state index is 0.280. The third kappa shape index (κ3) is 5.16. The maximum atomic E-state index is 6.31. The predicted octanol–water partition coefficient (Wildman–Crippen LogP) is 6.39. The molecule has 1 aromatic rings. The van der Waals surface area contributed by atoms with Gasteiger partial charge in [-0.05, 0) is 49.8 Å². The van der Waals surface area contributed by atoms with Crippen molar-refractivity contribution in [3.05, 3.63) is 33.8 Å². The molecule has 21 heavy (non-hydrogen) atoms. The van der Waals surface area contributed by atoms with Crippen molar-refractivity contribution in [1.29, 1.82) is 0 Å². The standard InChI is InChI=1S/C18H27Cl2N/c1-3-5-14-6-4-7-16(10-8-14)21-13(2)17-11-9-15(19)12-18(17)20/h9,11-14,16,21H,3-8,10H2,1-2H3. The van der Waals surface area contributed by atoms with E-state index in [1.165, 1.54) is 44.9 Å². The molecular formula is C18H27Cl2N. The van der Waals surface area contributed by atoms with E-state index in [-0.39, 0.29) is 6.04 Å². The first kappa shape index (κ1) is 17.1. The van der Waals surface area contributed by atoms with Crippen LogP contribution < -0.4 is 5.32 Å². The van der Waals surface area contributed by atoms with Crippen LogP contribution in [0.15, 0.2) is 18.2 Å². The Balaban J connectivity index is 1.91. The molecule has 0 aliphatic heterocycles. The second kappa shape index (κ2) is 8.41. The van der Waals surface area contributed by atoms with Crippen LogP contribution in [0.4, 0.5) is 0 Å². The van der Waals surface area contributed by atoms with Crippen molar-refractivity contribution in [1.82, 2.24) is 5.32 Å². The summed E-state index contributed by atoms with van der Waals surface area (Å²) >= 11 is 12.3. The van der Waals surface area contributed by atoms with E-state index >= 15 is 0 Å². The van der Waals surface area contributed by atoms with Gasteiger partial charge in [0.15, 0.2) is 0 Å². The van der Waals surface area contributed by atoms with Crippen molar-refractivity contribution in [3.63, 3.8) is 0 Å². The summed E-state index contributed by atoms with van der Waals surface area (Å²) in [6.07, 6.45) is 9.42. The Kier molecular flexibility index (Phi) is 6.85. The molecule has 2 rings (SSSR count). The summed E-state index contributed by atoms with van der Waals surface area (Å²) in [5.74, 6) is 0.941. The van der Waals surface area contributed by atoms with Crippen LogP contribution in [-0.2, 0) is 0 Å². The number of rotatable bonds is 5. The molecule has 0 saturated heterocycles. The van der Waals surface area contributed by atoms with E-state index in [4.69, 9.17) is 23.2 Å². The zero-order valence-corrected chi connectivity index (χ0v) is 14.7. The molecule has 0 aromatic heterocycles. The van der Waals surface area contributed by atoms with Crippen molar-refractivity contribution >= 4 is 23.2 Å². The van der Waals surface area contributed by atoms with E-state index in [0.29, 0.717) is 11.1 Å². The molecule has 3 atom stereocenters. The lowest BCUT2D eigenvalue weighted by Crippen LogP contribution is -2.31. The first-order valence-corrected chi connectivity index (χ1v) is 9.06. The highest BCUT2D eigenvalue weighted by Gasteiger charge is 2.20. The van der Waals surface area contributed by atoms with Gasteiger partial charge in [0.05, 0.1) is 0 Å². The van der Waals surface area contributed by atoms with E-state index in [1.807, 2.05) is 18.2 Å². The fourth-order valence-electron chi connectivity index (χ4n) is 3.54. The highest BCUT2D eigenvalue weighted by Crippen LogP contribution is 2.30.